The van der Waals surface area contributed by atoms with Gasteiger partial charge in [-0.2, -0.15) is 0 Å². The van der Waals surface area contributed by atoms with Gasteiger partial charge in [-0.1, -0.05) is 11.2 Å². The highest BCUT2D eigenvalue weighted by atomic mass is 16.5. The summed E-state index contributed by atoms with van der Waals surface area (Å²) in [5.41, 5.74) is 6.32. The van der Waals surface area contributed by atoms with E-state index in [2.05, 4.69) is 44.6 Å². The number of pyridine rings is 1. The van der Waals surface area contributed by atoms with E-state index >= 15 is 0 Å². The minimum atomic E-state index is -0.197. The van der Waals surface area contributed by atoms with Crippen molar-refractivity contribution in [3.63, 3.8) is 0 Å². The van der Waals surface area contributed by atoms with Gasteiger partial charge in [0.1, 0.15) is 11.8 Å². The van der Waals surface area contributed by atoms with Gasteiger partial charge in [0.2, 0.25) is 0 Å². The summed E-state index contributed by atoms with van der Waals surface area (Å²) < 4.78 is 10.4. The predicted molar refractivity (Wildman–Crippen MR) is 110 cm³/mol. The summed E-state index contributed by atoms with van der Waals surface area (Å²) in [5.74, 6) is -0.197. The summed E-state index contributed by atoms with van der Waals surface area (Å²) in [6.45, 7) is 7.30. The number of aromatic nitrogens is 2. The summed E-state index contributed by atoms with van der Waals surface area (Å²) in [6, 6.07) is 10.4. The average Bonchev–Trinajstić information content (AvgIpc) is 3.18. The highest BCUT2D eigenvalue weighted by molar-refractivity contribution is 5.94. The van der Waals surface area contributed by atoms with E-state index in [1.54, 1.807) is 6.92 Å². The van der Waals surface area contributed by atoms with Gasteiger partial charge in [-0.25, -0.2) is 0 Å². The number of nitrogens with one attached hydrogen (secondary N) is 1. The van der Waals surface area contributed by atoms with Crippen molar-refractivity contribution in [2.24, 2.45) is 0 Å². The molecule has 29 heavy (non-hydrogen) atoms. The number of amides is 1. The van der Waals surface area contributed by atoms with Crippen molar-refractivity contribution < 1.29 is 14.1 Å². The van der Waals surface area contributed by atoms with Crippen LogP contribution in [0.2, 0.25) is 0 Å². The number of hydrogen-bond donors (Lipinski definition) is 1. The van der Waals surface area contributed by atoms with E-state index in [0.29, 0.717) is 17.8 Å². The van der Waals surface area contributed by atoms with E-state index in [1.807, 2.05) is 19.2 Å². The maximum absolute atomic E-state index is 12.5. The number of rotatable bonds is 5. The molecule has 1 aromatic carbocycles. The van der Waals surface area contributed by atoms with Crippen LogP contribution in [0.3, 0.4) is 0 Å². The summed E-state index contributed by atoms with van der Waals surface area (Å²) in [4.78, 5) is 19.1. The topological polar surface area (TPSA) is 80.5 Å². The summed E-state index contributed by atoms with van der Waals surface area (Å²) in [5, 5.41) is 6.78. The second-order valence-electron chi connectivity index (χ2n) is 7.12. The Morgan fingerprint density at radius 3 is 2.72 bits per heavy atom. The molecule has 3 aromatic rings. The standard InChI is InChI=1S/C22H24N4O3/c1-15-11-17(5-6-23-15)20-4-3-19(26-7-9-28-10-8-26)12-18(20)13-24-22(27)21-14-29-25-16(21)2/h3-6,11-12,14H,7-10,13H2,1-2H3,(H,24,27). The number of carbonyl (C=O) groups is 1. The van der Waals surface area contributed by atoms with Crippen LogP contribution in [0.1, 0.15) is 27.3 Å². The minimum absolute atomic E-state index is 0.197. The van der Waals surface area contributed by atoms with Crippen LogP contribution < -0.4 is 10.2 Å². The largest absolute Gasteiger partial charge is 0.378 e. The Labute approximate surface area is 169 Å². The van der Waals surface area contributed by atoms with Crippen molar-refractivity contribution in [3.8, 4) is 11.1 Å². The third-order valence-electron chi connectivity index (χ3n) is 5.11. The predicted octanol–water partition coefficient (Wildman–Crippen LogP) is 3.12. The molecular weight excluding hydrogens is 368 g/mol. The molecule has 0 radical (unpaired) electrons. The number of morpholine rings is 1. The first-order valence-corrected chi connectivity index (χ1v) is 9.69. The molecule has 0 aliphatic carbocycles. The molecule has 4 rings (SSSR count). The van der Waals surface area contributed by atoms with E-state index < -0.39 is 0 Å². The Bertz CT molecular complexity index is 1010. The van der Waals surface area contributed by atoms with Crippen molar-refractivity contribution in [2.45, 2.75) is 20.4 Å². The van der Waals surface area contributed by atoms with Crippen molar-refractivity contribution >= 4 is 11.6 Å². The lowest BCUT2D eigenvalue weighted by molar-refractivity contribution is 0.0950. The van der Waals surface area contributed by atoms with Gasteiger partial charge in [-0.05, 0) is 54.8 Å². The third-order valence-corrected chi connectivity index (χ3v) is 5.11. The number of benzene rings is 1. The smallest absolute Gasteiger partial charge is 0.256 e. The second-order valence-corrected chi connectivity index (χ2v) is 7.12. The minimum Gasteiger partial charge on any atom is -0.378 e. The Hall–Kier alpha value is -3.19. The molecule has 3 heterocycles. The fourth-order valence-electron chi connectivity index (χ4n) is 3.52. The lowest BCUT2D eigenvalue weighted by Crippen LogP contribution is -2.36. The van der Waals surface area contributed by atoms with E-state index in [4.69, 9.17) is 9.26 Å². The molecule has 7 heteroatoms. The van der Waals surface area contributed by atoms with Crippen LogP contribution in [-0.4, -0.2) is 42.4 Å². The number of aryl methyl sites for hydroxylation is 2. The summed E-state index contributed by atoms with van der Waals surface area (Å²) in [7, 11) is 0. The van der Waals surface area contributed by atoms with Crippen LogP contribution in [0.15, 0.2) is 47.3 Å². The van der Waals surface area contributed by atoms with E-state index in [1.165, 1.54) is 6.26 Å². The maximum atomic E-state index is 12.5. The highest BCUT2D eigenvalue weighted by Crippen LogP contribution is 2.29. The molecule has 1 aliphatic rings. The van der Waals surface area contributed by atoms with Crippen LogP contribution >= 0.6 is 0 Å². The van der Waals surface area contributed by atoms with Gasteiger partial charge in [-0.15, -0.1) is 0 Å². The zero-order chi connectivity index (χ0) is 20.2. The zero-order valence-corrected chi connectivity index (χ0v) is 16.6. The molecule has 1 saturated heterocycles. The Kier molecular flexibility index (Phi) is 5.57. The van der Waals surface area contributed by atoms with Crippen molar-refractivity contribution in [1.29, 1.82) is 0 Å². The van der Waals surface area contributed by atoms with Crippen LogP contribution in [0.5, 0.6) is 0 Å². The number of nitrogens with zero attached hydrogens (tertiary/aromatic N) is 3. The molecule has 7 nitrogen and oxygen atoms in total. The SMILES string of the molecule is Cc1cc(-c2ccc(N3CCOCC3)cc2CNC(=O)c2conc2C)ccn1. The van der Waals surface area contributed by atoms with Gasteiger partial charge in [0, 0.05) is 37.2 Å². The average molecular weight is 392 g/mol. The molecule has 0 atom stereocenters. The molecule has 150 valence electrons. The molecule has 1 amide bonds. The number of carbonyl (C=O) groups excluding carboxylic acids is 1. The summed E-state index contributed by atoms with van der Waals surface area (Å²) in [6.07, 6.45) is 3.19. The first-order chi connectivity index (χ1) is 14.1. The van der Waals surface area contributed by atoms with Gasteiger partial charge in [-0.3, -0.25) is 9.78 Å². The number of ether oxygens (including phenoxy) is 1. The van der Waals surface area contributed by atoms with Gasteiger partial charge in [0.05, 0.1) is 18.9 Å². The Morgan fingerprint density at radius 1 is 1.17 bits per heavy atom. The van der Waals surface area contributed by atoms with Crippen molar-refractivity contribution in [3.05, 3.63) is 65.3 Å². The van der Waals surface area contributed by atoms with Gasteiger partial charge < -0.3 is 19.5 Å². The van der Waals surface area contributed by atoms with E-state index in [9.17, 15) is 4.79 Å². The quantitative estimate of drug-likeness (QED) is 0.719. The van der Waals surface area contributed by atoms with Crippen LogP contribution in [0, 0.1) is 13.8 Å². The lowest BCUT2D eigenvalue weighted by atomic mass is 9.98. The maximum Gasteiger partial charge on any atom is 0.256 e. The van der Waals surface area contributed by atoms with Gasteiger partial charge in [0.25, 0.3) is 5.91 Å². The Morgan fingerprint density at radius 2 is 2.00 bits per heavy atom. The monoisotopic (exact) mass is 392 g/mol. The van der Waals surface area contributed by atoms with Crippen LogP contribution in [0.25, 0.3) is 11.1 Å². The molecule has 1 N–H and O–H groups in total. The van der Waals surface area contributed by atoms with Gasteiger partial charge >= 0.3 is 0 Å². The molecule has 0 spiro atoms. The second kappa shape index (κ2) is 8.45. The zero-order valence-electron chi connectivity index (χ0n) is 16.6. The van der Waals surface area contributed by atoms with E-state index in [-0.39, 0.29) is 5.91 Å². The molecular formula is C22H24N4O3. The fourth-order valence-corrected chi connectivity index (χ4v) is 3.52. The molecule has 1 aliphatic heterocycles. The molecule has 0 unspecified atom stereocenters. The highest BCUT2D eigenvalue weighted by Gasteiger charge is 2.16. The fraction of sp³-hybridized carbons (Fsp3) is 0.318. The summed E-state index contributed by atoms with van der Waals surface area (Å²) >= 11 is 0. The number of hydrogen-bond acceptors (Lipinski definition) is 6. The van der Waals surface area contributed by atoms with Crippen molar-refractivity contribution in [2.75, 3.05) is 31.2 Å². The normalized spacial score (nSPS) is 14.1. The molecule has 2 aromatic heterocycles. The molecule has 0 bridgehead atoms. The van der Waals surface area contributed by atoms with Crippen molar-refractivity contribution in [1.82, 2.24) is 15.5 Å². The molecule has 1 fully saturated rings. The van der Waals surface area contributed by atoms with Crippen LogP contribution in [0.4, 0.5) is 5.69 Å². The number of anilines is 1. The Balaban J connectivity index is 1.64. The lowest BCUT2D eigenvalue weighted by Gasteiger charge is -2.29. The third kappa shape index (κ3) is 4.30. The van der Waals surface area contributed by atoms with Crippen LogP contribution in [-0.2, 0) is 11.3 Å². The van der Waals surface area contributed by atoms with E-state index in [0.717, 1.165) is 54.4 Å². The first kappa shape index (κ1) is 19.1. The molecule has 0 saturated carbocycles. The first-order valence-electron chi connectivity index (χ1n) is 9.69. The van der Waals surface area contributed by atoms with Gasteiger partial charge in [0.15, 0.2) is 0 Å².